The van der Waals surface area contributed by atoms with Gasteiger partial charge in [-0.25, -0.2) is 9.18 Å². The molecule has 35 heavy (non-hydrogen) atoms. The van der Waals surface area contributed by atoms with Crippen LogP contribution >= 0.6 is 0 Å². The van der Waals surface area contributed by atoms with E-state index < -0.39 is 5.97 Å². The molecule has 1 amide bonds. The molecule has 1 aliphatic rings. The maximum absolute atomic E-state index is 13.6. The molecule has 0 radical (unpaired) electrons. The van der Waals surface area contributed by atoms with Gasteiger partial charge in [-0.15, -0.1) is 0 Å². The minimum absolute atomic E-state index is 0.0245. The van der Waals surface area contributed by atoms with Gasteiger partial charge >= 0.3 is 5.97 Å². The van der Waals surface area contributed by atoms with E-state index in [0.717, 1.165) is 53.6 Å². The summed E-state index contributed by atoms with van der Waals surface area (Å²) in [6.45, 7) is 0.448. The van der Waals surface area contributed by atoms with Crippen molar-refractivity contribution in [3.05, 3.63) is 95.8 Å². The number of ether oxygens (including phenoxy) is 1. The number of amides is 1. The fourth-order valence-electron chi connectivity index (χ4n) is 4.52. The molecule has 0 aromatic heterocycles. The Balaban J connectivity index is 1.60. The van der Waals surface area contributed by atoms with Gasteiger partial charge in [-0.05, 0) is 65.4 Å². The van der Waals surface area contributed by atoms with Crippen LogP contribution in [0.2, 0.25) is 0 Å². The van der Waals surface area contributed by atoms with E-state index in [4.69, 9.17) is 0 Å². The lowest BCUT2D eigenvalue weighted by Crippen LogP contribution is -2.36. The summed E-state index contributed by atoms with van der Waals surface area (Å²) in [5.74, 6) is -0.518. The number of methoxy groups -OCH3 is 1. The van der Waals surface area contributed by atoms with E-state index in [0.29, 0.717) is 6.54 Å². The van der Waals surface area contributed by atoms with E-state index in [-0.39, 0.29) is 17.6 Å². The third-order valence-corrected chi connectivity index (χ3v) is 6.49. The molecule has 0 bridgehead atoms. The summed E-state index contributed by atoms with van der Waals surface area (Å²) in [4.78, 5) is 27.0. The number of carbonyl (C=O) groups excluding carboxylic acids is 2. The zero-order valence-electron chi connectivity index (χ0n) is 20.0. The van der Waals surface area contributed by atoms with Crippen LogP contribution in [0.15, 0.2) is 78.9 Å². The number of anilines is 1. The number of halogens is 1. The Morgan fingerprint density at radius 1 is 0.943 bits per heavy atom. The third kappa shape index (κ3) is 6.44. The average Bonchev–Trinajstić information content (AvgIpc) is 2.91. The Hall–Kier alpha value is -3.73. The lowest BCUT2D eigenvalue weighted by Gasteiger charge is -2.30. The van der Waals surface area contributed by atoms with Crippen molar-refractivity contribution in [2.45, 2.75) is 38.6 Å². The number of nitrogens with zero attached hydrogens (tertiary/aromatic N) is 1. The summed E-state index contributed by atoms with van der Waals surface area (Å²) in [5, 5.41) is 0. The molecule has 0 unspecified atom stereocenters. The minimum atomic E-state index is -0.424. The largest absolute Gasteiger partial charge is 0.466 e. The average molecular weight is 472 g/mol. The van der Waals surface area contributed by atoms with Crippen LogP contribution in [-0.2, 0) is 20.9 Å². The van der Waals surface area contributed by atoms with Crippen LogP contribution in [0.3, 0.4) is 0 Å². The van der Waals surface area contributed by atoms with Gasteiger partial charge in [0.15, 0.2) is 0 Å². The van der Waals surface area contributed by atoms with Crippen molar-refractivity contribution >= 4 is 23.6 Å². The molecule has 1 fully saturated rings. The van der Waals surface area contributed by atoms with Gasteiger partial charge in [0.1, 0.15) is 5.82 Å². The first kappa shape index (κ1) is 24.4. The van der Waals surface area contributed by atoms with E-state index in [1.807, 2.05) is 53.4 Å². The number of rotatable bonds is 7. The molecule has 0 atom stereocenters. The van der Waals surface area contributed by atoms with Gasteiger partial charge in [-0.2, -0.15) is 0 Å². The molecule has 3 aromatic rings. The lowest BCUT2D eigenvalue weighted by molar-refractivity contribution is -0.134. The Morgan fingerprint density at radius 2 is 1.60 bits per heavy atom. The van der Waals surface area contributed by atoms with Crippen LogP contribution in [0.1, 0.15) is 43.2 Å². The lowest BCUT2D eigenvalue weighted by atomic mass is 9.88. The maximum Gasteiger partial charge on any atom is 0.330 e. The van der Waals surface area contributed by atoms with E-state index in [1.165, 1.54) is 31.7 Å². The molecule has 0 heterocycles. The van der Waals surface area contributed by atoms with Crippen molar-refractivity contribution in [3.8, 4) is 11.1 Å². The van der Waals surface area contributed by atoms with Gasteiger partial charge in [0.25, 0.3) is 0 Å². The molecule has 5 heteroatoms. The van der Waals surface area contributed by atoms with Crippen LogP contribution < -0.4 is 4.90 Å². The second-order valence-electron chi connectivity index (χ2n) is 8.91. The number of benzene rings is 3. The fourth-order valence-corrected chi connectivity index (χ4v) is 4.52. The maximum atomic E-state index is 13.6. The Kier molecular flexibility index (Phi) is 8.09. The molecule has 4 nitrogen and oxygen atoms in total. The smallest absolute Gasteiger partial charge is 0.330 e. The monoisotopic (exact) mass is 471 g/mol. The highest BCUT2D eigenvalue weighted by molar-refractivity contribution is 5.95. The molecule has 4 rings (SSSR count). The molecule has 1 aliphatic carbocycles. The van der Waals surface area contributed by atoms with E-state index >= 15 is 0 Å². The van der Waals surface area contributed by atoms with Crippen LogP contribution in [0.4, 0.5) is 10.1 Å². The zero-order valence-corrected chi connectivity index (χ0v) is 20.0. The standard InChI is InChI=1S/C30H30FNO3/c1-35-29(33)19-12-22-6-5-9-28(20-22)32(30(34)26-7-3-2-4-8-26)21-23-10-13-24(14-11-23)25-15-17-27(31)18-16-25/h5-6,9-20,26H,2-4,7-8,21H2,1H3/b19-12+. The zero-order chi connectivity index (χ0) is 24.6. The second kappa shape index (κ2) is 11.6. The fraction of sp³-hybridized carbons (Fsp3) is 0.267. The highest BCUT2D eigenvalue weighted by Crippen LogP contribution is 2.30. The SMILES string of the molecule is COC(=O)/C=C/c1cccc(N(Cc2ccc(-c3ccc(F)cc3)cc2)C(=O)C2CCCCC2)c1. The highest BCUT2D eigenvalue weighted by Gasteiger charge is 2.27. The summed E-state index contributed by atoms with van der Waals surface area (Å²) < 4.78 is 18.0. The normalized spacial score (nSPS) is 14.1. The van der Waals surface area contributed by atoms with Gasteiger partial charge in [0, 0.05) is 17.7 Å². The first-order valence-corrected chi connectivity index (χ1v) is 12.1. The summed E-state index contributed by atoms with van der Waals surface area (Å²) in [7, 11) is 1.34. The van der Waals surface area contributed by atoms with E-state index in [1.54, 1.807) is 18.2 Å². The van der Waals surface area contributed by atoms with Crippen LogP contribution in [-0.4, -0.2) is 19.0 Å². The Morgan fingerprint density at radius 3 is 2.26 bits per heavy atom. The van der Waals surface area contributed by atoms with Gasteiger partial charge < -0.3 is 9.64 Å². The van der Waals surface area contributed by atoms with Gasteiger partial charge in [-0.3, -0.25) is 4.79 Å². The Labute approximate surface area is 206 Å². The molecule has 180 valence electrons. The van der Waals surface area contributed by atoms with E-state index in [9.17, 15) is 14.0 Å². The Bertz CT molecular complexity index is 1180. The van der Waals surface area contributed by atoms with Gasteiger partial charge in [0.05, 0.1) is 13.7 Å². The molecule has 3 aromatic carbocycles. The second-order valence-corrected chi connectivity index (χ2v) is 8.91. The predicted octanol–water partition coefficient (Wildman–Crippen LogP) is 6.79. The van der Waals surface area contributed by atoms with Crippen LogP contribution in [0.5, 0.6) is 0 Å². The summed E-state index contributed by atoms with van der Waals surface area (Å²) in [6.07, 6.45) is 8.25. The van der Waals surface area contributed by atoms with Crippen molar-refractivity contribution in [2.75, 3.05) is 12.0 Å². The van der Waals surface area contributed by atoms with Crippen molar-refractivity contribution in [3.63, 3.8) is 0 Å². The quantitative estimate of drug-likeness (QED) is 0.281. The van der Waals surface area contributed by atoms with Crippen molar-refractivity contribution in [1.82, 2.24) is 0 Å². The first-order chi connectivity index (χ1) is 17.0. The van der Waals surface area contributed by atoms with E-state index in [2.05, 4.69) is 4.74 Å². The number of hydrogen-bond acceptors (Lipinski definition) is 3. The topological polar surface area (TPSA) is 46.6 Å². The number of hydrogen-bond donors (Lipinski definition) is 0. The minimum Gasteiger partial charge on any atom is -0.466 e. The molecule has 0 N–H and O–H groups in total. The molecule has 1 saturated carbocycles. The highest BCUT2D eigenvalue weighted by atomic mass is 19.1. The van der Waals surface area contributed by atoms with Crippen molar-refractivity contribution in [1.29, 1.82) is 0 Å². The molecular formula is C30H30FNO3. The summed E-state index contributed by atoms with van der Waals surface area (Å²) in [6, 6.07) is 22.1. The van der Waals surface area contributed by atoms with Crippen molar-refractivity contribution < 1.29 is 18.7 Å². The number of carbonyl (C=O) groups is 2. The predicted molar refractivity (Wildman–Crippen MR) is 137 cm³/mol. The summed E-state index contributed by atoms with van der Waals surface area (Å²) >= 11 is 0. The molecular weight excluding hydrogens is 441 g/mol. The van der Waals surface area contributed by atoms with Crippen LogP contribution in [0, 0.1) is 11.7 Å². The van der Waals surface area contributed by atoms with Gasteiger partial charge in [0.2, 0.25) is 5.91 Å². The first-order valence-electron chi connectivity index (χ1n) is 12.1. The summed E-state index contributed by atoms with van der Waals surface area (Å²) in [5.41, 5.74) is 4.57. The molecule has 0 spiro atoms. The number of esters is 1. The third-order valence-electron chi connectivity index (χ3n) is 6.49. The van der Waals surface area contributed by atoms with Gasteiger partial charge in [-0.1, -0.05) is 67.8 Å². The molecule has 0 aliphatic heterocycles. The molecule has 0 saturated heterocycles. The van der Waals surface area contributed by atoms with Crippen molar-refractivity contribution in [2.24, 2.45) is 5.92 Å². The van der Waals surface area contributed by atoms with Crippen LogP contribution in [0.25, 0.3) is 17.2 Å².